The van der Waals surface area contributed by atoms with Gasteiger partial charge in [0.1, 0.15) is 13.2 Å². The van der Waals surface area contributed by atoms with Crippen molar-refractivity contribution >= 4 is 17.9 Å². The normalized spacial score (nSPS) is 12.4. The Bertz CT molecular complexity index is 1250. The van der Waals surface area contributed by atoms with Crippen LogP contribution in [0, 0.1) is 0 Å². The van der Waals surface area contributed by atoms with E-state index < -0.39 is 6.10 Å². The minimum atomic E-state index is -0.803. The lowest BCUT2D eigenvalue weighted by Crippen LogP contribution is -2.30. The van der Waals surface area contributed by atoms with Gasteiger partial charge in [-0.25, -0.2) is 0 Å². The van der Waals surface area contributed by atoms with Crippen LogP contribution in [0.2, 0.25) is 0 Å². The number of carbonyl (C=O) groups is 3. The van der Waals surface area contributed by atoms with E-state index in [4.69, 9.17) is 14.2 Å². The Morgan fingerprint density at radius 1 is 0.290 bits per heavy atom. The van der Waals surface area contributed by atoms with Crippen molar-refractivity contribution in [3.63, 3.8) is 0 Å². The average molecular weight is 966 g/mol. The third kappa shape index (κ3) is 55.9. The first kappa shape index (κ1) is 66.1. The first-order valence-electron chi connectivity index (χ1n) is 29.8. The fourth-order valence-corrected chi connectivity index (χ4v) is 8.45. The van der Waals surface area contributed by atoms with Crippen molar-refractivity contribution in [1.82, 2.24) is 0 Å². The van der Waals surface area contributed by atoms with Gasteiger partial charge in [0, 0.05) is 19.3 Å². The number of hydrogen-bond acceptors (Lipinski definition) is 6. The van der Waals surface area contributed by atoms with Crippen LogP contribution in [0.4, 0.5) is 0 Å². The Labute approximate surface area is 428 Å². The van der Waals surface area contributed by atoms with Crippen molar-refractivity contribution in [1.29, 1.82) is 0 Å². The Kier molecular flexibility index (Phi) is 55.3. The van der Waals surface area contributed by atoms with Gasteiger partial charge in [0.15, 0.2) is 6.10 Å². The lowest BCUT2D eigenvalue weighted by molar-refractivity contribution is -0.167. The molecule has 0 radical (unpaired) electrons. The molecule has 0 aliphatic rings. The highest BCUT2D eigenvalue weighted by molar-refractivity contribution is 5.71. The molecule has 0 saturated heterocycles. The molecule has 0 heterocycles. The molecule has 400 valence electrons. The number of ether oxygens (including phenoxy) is 3. The van der Waals surface area contributed by atoms with Crippen molar-refractivity contribution < 1.29 is 28.6 Å². The predicted octanol–water partition coefficient (Wildman–Crippen LogP) is 20.0. The van der Waals surface area contributed by atoms with E-state index in [1.165, 1.54) is 199 Å². The van der Waals surface area contributed by atoms with Crippen LogP contribution in [-0.2, 0) is 28.6 Å². The molecule has 6 nitrogen and oxygen atoms in total. The predicted molar refractivity (Wildman–Crippen MR) is 298 cm³/mol. The zero-order valence-electron chi connectivity index (χ0n) is 45.8. The molecular weight excluding hydrogens is 853 g/mol. The monoisotopic (exact) mass is 965 g/mol. The minimum absolute atomic E-state index is 0.0952. The number of rotatable bonds is 54. The smallest absolute Gasteiger partial charge is 0.306 e. The summed E-state index contributed by atoms with van der Waals surface area (Å²) in [5, 5.41) is 0. The zero-order chi connectivity index (χ0) is 50.0. The molecule has 0 fully saturated rings. The Balaban J connectivity index is 4.43. The maximum Gasteiger partial charge on any atom is 0.306 e. The van der Waals surface area contributed by atoms with Crippen LogP contribution in [-0.4, -0.2) is 37.2 Å². The summed E-state index contributed by atoms with van der Waals surface area (Å²) in [5.74, 6) is -0.943. The van der Waals surface area contributed by atoms with Crippen molar-refractivity contribution in [3.05, 3.63) is 60.8 Å². The van der Waals surface area contributed by atoms with Crippen molar-refractivity contribution in [2.45, 2.75) is 309 Å². The van der Waals surface area contributed by atoms with E-state index in [0.29, 0.717) is 19.3 Å². The largest absolute Gasteiger partial charge is 0.462 e. The number of carbonyl (C=O) groups excluding carboxylic acids is 3. The summed E-state index contributed by atoms with van der Waals surface area (Å²) in [6.07, 6.45) is 72.2. The van der Waals surface area contributed by atoms with Crippen molar-refractivity contribution in [2.24, 2.45) is 0 Å². The molecule has 0 rings (SSSR count). The summed E-state index contributed by atoms with van der Waals surface area (Å²) < 4.78 is 16.8. The molecule has 1 atom stereocenters. The summed E-state index contributed by atoms with van der Waals surface area (Å²) in [5.41, 5.74) is 0. The van der Waals surface area contributed by atoms with Crippen molar-refractivity contribution in [3.8, 4) is 0 Å². The molecule has 0 aromatic rings. The van der Waals surface area contributed by atoms with Gasteiger partial charge in [0.25, 0.3) is 0 Å². The van der Waals surface area contributed by atoms with Crippen LogP contribution in [0.3, 0.4) is 0 Å². The van der Waals surface area contributed by atoms with Crippen molar-refractivity contribution in [2.75, 3.05) is 13.2 Å². The van der Waals surface area contributed by atoms with E-state index in [-0.39, 0.29) is 37.5 Å². The average Bonchev–Trinajstić information content (AvgIpc) is 3.35. The van der Waals surface area contributed by atoms with E-state index in [9.17, 15) is 14.4 Å². The fraction of sp³-hybridized carbons (Fsp3) is 0.794. The molecule has 0 aromatic heterocycles. The summed E-state index contributed by atoms with van der Waals surface area (Å²) >= 11 is 0. The summed E-state index contributed by atoms with van der Waals surface area (Å²) in [7, 11) is 0. The fourth-order valence-electron chi connectivity index (χ4n) is 8.45. The number of allylic oxidation sites excluding steroid dienone is 10. The molecule has 0 saturated carbocycles. The molecule has 0 aliphatic heterocycles. The van der Waals surface area contributed by atoms with Crippen LogP contribution in [0.5, 0.6) is 0 Å². The number of hydrogen-bond donors (Lipinski definition) is 0. The van der Waals surface area contributed by atoms with Gasteiger partial charge in [0.05, 0.1) is 0 Å². The topological polar surface area (TPSA) is 78.9 Å². The summed E-state index contributed by atoms with van der Waals surface area (Å²) in [6, 6.07) is 0. The molecule has 69 heavy (non-hydrogen) atoms. The van der Waals surface area contributed by atoms with Crippen LogP contribution in [0.25, 0.3) is 0 Å². The van der Waals surface area contributed by atoms with Crippen LogP contribution < -0.4 is 0 Å². The van der Waals surface area contributed by atoms with Gasteiger partial charge in [0.2, 0.25) is 0 Å². The SMILES string of the molecule is CCCCCC/C=C\CCCCCCCCCC(=O)OC[C@@H](COC(=O)CCCCCCCCCCC/C=C\CCCCCCCC)OC(=O)CCC/C=C\C/C=C\C/C=C\CCCCCCCC. The van der Waals surface area contributed by atoms with Gasteiger partial charge >= 0.3 is 17.9 Å². The van der Waals surface area contributed by atoms with Gasteiger partial charge in [-0.15, -0.1) is 0 Å². The van der Waals surface area contributed by atoms with Gasteiger partial charge in [-0.3, -0.25) is 14.4 Å². The first-order valence-corrected chi connectivity index (χ1v) is 29.8. The second-order valence-electron chi connectivity index (χ2n) is 19.9. The second-order valence-corrected chi connectivity index (χ2v) is 19.9. The Morgan fingerprint density at radius 3 is 0.884 bits per heavy atom. The van der Waals surface area contributed by atoms with E-state index in [1.54, 1.807) is 0 Å². The Hall–Kier alpha value is -2.89. The van der Waals surface area contributed by atoms with E-state index >= 15 is 0 Å². The minimum Gasteiger partial charge on any atom is -0.462 e. The third-order valence-electron chi connectivity index (χ3n) is 13.0. The Morgan fingerprint density at radius 2 is 0.536 bits per heavy atom. The molecule has 0 spiro atoms. The molecule has 6 heteroatoms. The molecular formula is C63H112O6. The van der Waals surface area contributed by atoms with Gasteiger partial charge < -0.3 is 14.2 Å². The molecule has 0 aliphatic carbocycles. The lowest BCUT2D eigenvalue weighted by Gasteiger charge is -2.18. The third-order valence-corrected chi connectivity index (χ3v) is 13.0. The molecule has 0 bridgehead atoms. The highest BCUT2D eigenvalue weighted by Gasteiger charge is 2.19. The van der Waals surface area contributed by atoms with Gasteiger partial charge in [-0.1, -0.05) is 242 Å². The van der Waals surface area contributed by atoms with Crippen LogP contribution >= 0.6 is 0 Å². The van der Waals surface area contributed by atoms with E-state index in [1.807, 2.05) is 0 Å². The van der Waals surface area contributed by atoms with Crippen LogP contribution in [0.1, 0.15) is 303 Å². The standard InChI is InChI=1S/C63H112O6/c1-4-7-10-13-16-19-22-25-28-30-31-33-35-38-41-44-47-50-53-56-62(65)68-59-60(58-67-61(64)55-52-49-46-43-40-37-34-27-24-21-18-15-12-9-6-3)69-63(66)57-54-51-48-45-42-39-36-32-29-26-23-20-17-14-11-8-5-2/h21,24-26,28-29,36,39,45,48,60H,4-20,22-23,27,30-35,37-38,40-44,46-47,49-59H2,1-3H3/b24-21-,28-25-,29-26-,39-36-,48-45-/t60-/m0/s1. The molecule has 0 aromatic carbocycles. The summed E-state index contributed by atoms with van der Waals surface area (Å²) in [4.78, 5) is 38.2. The van der Waals surface area contributed by atoms with Gasteiger partial charge in [-0.2, -0.15) is 0 Å². The molecule has 0 unspecified atom stereocenters. The lowest BCUT2D eigenvalue weighted by atomic mass is 10.1. The highest BCUT2D eigenvalue weighted by Crippen LogP contribution is 2.15. The number of unbranched alkanes of at least 4 members (excludes halogenated alkanes) is 33. The summed E-state index contributed by atoms with van der Waals surface area (Å²) in [6.45, 7) is 6.60. The maximum absolute atomic E-state index is 12.8. The molecule has 0 amide bonds. The second kappa shape index (κ2) is 57.7. The van der Waals surface area contributed by atoms with Gasteiger partial charge in [-0.05, 0) is 103 Å². The van der Waals surface area contributed by atoms with E-state index in [2.05, 4.69) is 81.5 Å². The first-order chi connectivity index (χ1) is 34.0. The maximum atomic E-state index is 12.8. The number of esters is 3. The molecule has 0 N–H and O–H groups in total. The van der Waals surface area contributed by atoms with Crippen LogP contribution in [0.15, 0.2) is 60.8 Å². The zero-order valence-corrected chi connectivity index (χ0v) is 45.8. The quantitative estimate of drug-likeness (QED) is 0.0262. The van der Waals surface area contributed by atoms with E-state index in [0.717, 1.165) is 57.8 Å². The highest BCUT2D eigenvalue weighted by atomic mass is 16.6.